The van der Waals surface area contributed by atoms with Gasteiger partial charge in [-0.15, -0.1) is 0 Å². The van der Waals surface area contributed by atoms with E-state index < -0.39 is 0 Å². The van der Waals surface area contributed by atoms with Crippen molar-refractivity contribution in [3.05, 3.63) is 60.3 Å². The first-order chi connectivity index (χ1) is 11.9. The summed E-state index contributed by atoms with van der Waals surface area (Å²) in [5, 5.41) is 0. The van der Waals surface area contributed by atoms with Gasteiger partial charge in [0, 0.05) is 42.1 Å². The maximum Gasteiger partial charge on any atom is 0.214 e. The number of aromatic nitrogens is 5. The molecule has 24 heavy (non-hydrogen) atoms. The summed E-state index contributed by atoms with van der Waals surface area (Å²) in [5.74, 6) is 0.611. The number of ether oxygens (including phenoxy) is 1. The topological polar surface area (TPSA) is 73.7 Å². The van der Waals surface area contributed by atoms with Crippen molar-refractivity contribution in [3.8, 4) is 17.0 Å². The van der Waals surface area contributed by atoms with Crippen molar-refractivity contribution in [1.29, 1.82) is 0 Å². The number of fused-ring (bicyclic) bond motifs is 1. The van der Waals surface area contributed by atoms with Gasteiger partial charge < -0.3 is 4.74 Å². The maximum absolute atomic E-state index is 5.87. The Hall–Kier alpha value is -2.89. The Morgan fingerprint density at radius 2 is 1.83 bits per heavy atom. The molecule has 0 aliphatic heterocycles. The molecule has 6 heteroatoms. The minimum absolute atomic E-state index is 0.352. The molecule has 0 N–H and O–H groups in total. The number of hydrogen-bond acceptors (Lipinski definition) is 6. The molecule has 0 amide bonds. The van der Waals surface area contributed by atoms with Gasteiger partial charge in [0.25, 0.3) is 0 Å². The van der Waals surface area contributed by atoms with Crippen LogP contribution in [0.25, 0.3) is 11.1 Å². The van der Waals surface area contributed by atoms with Gasteiger partial charge in [-0.05, 0) is 36.8 Å². The number of aryl methyl sites for hydroxylation is 1. The summed E-state index contributed by atoms with van der Waals surface area (Å²) in [6.07, 6.45) is 14.6. The molecule has 0 spiro atoms. The van der Waals surface area contributed by atoms with E-state index in [1.54, 1.807) is 24.9 Å². The Labute approximate surface area is 140 Å². The van der Waals surface area contributed by atoms with Crippen molar-refractivity contribution in [2.75, 3.05) is 0 Å². The van der Waals surface area contributed by atoms with E-state index in [0.717, 1.165) is 35.4 Å². The van der Waals surface area contributed by atoms with Crippen molar-refractivity contribution in [3.63, 3.8) is 0 Å². The van der Waals surface area contributed by atoms with Crippen LogP contribution in [0.3, 0.4) is 0 Å². The van der Waals surface area contributed by atoms with Crippen LogP contribution in [0, 0.1) is 0 Å². The Bertz CT molecular complexity index is 824. The summed E-state index contributed by atoms with van der Waals surface area (Å²) in [5.41, 5.74) is 5.32. The summed E-state index contributed by atoms with van der Waals surface area (Å²) in [4.78, 5) is 21.3. The van der Waals surface area contributed by atoms with Crippen molar-refractivity contribution >= 4 is 0 Å². The standard InChI is InChI=1S/C18H17N5O/c1-2-4-17-15(3-1)16(13-8-20-12-21-9-13)7-18(23-17)24-11-14-10-19-5-6-22-14/h5-10,12H,1-4,11H2. The maximum atomic E-state index is 5.87. The van der Waals surface area contributed by atoms with E-state index in [1.807, 2.05) is 18.5 Å². The highest BCUT2D eigenvalue weighted by Crippen LogP contribution is 2.33. The van der Waals surface area contributed by atoms with Gasteiger partial charge in [0.05, 0.1) is 11.9 Å². The monoisotopic (exact) mass is 319 g/mol. The van der Waals surface area contributed by atoms with Crippen LogP contribution in [0.15, 0.2) is 43.4 Å². The highest BCUT2D eigenvalue weighted by molar-refractivity contribution is 5.68. The van der Waals surface area contributed by atoms with Crippen LogP contribution in [-0.2, 0) is 19.4 Å². The first kappa shape index (κ1) is 14.7. The average molecular weight is 319 g/mol. The van der Waals surface area contributed by atoms with Gasteiger partial charge in [0.15, 0.2) is 0 Å². The van der Waals surface area contributed by atoms with Crippen LogP contribution >= 0.6 is 0 Å². The molecule has 0 radical (unpaired) electrons. The van der Waals surface area contributed by atoms with E-state index >= 15 is 0 Å². The minimum Gasteiger partial charge on any atom is -0.471 e. The molecule has 120 valence electrons. The molecule has 0 fully saturated rings. The smallest absolute Gasteiger partial charge is 0.214 e. The number of nitrogens with zero attached hydrogens (tertiary/aromatic N) is 5. The normalized spacial score (nSPS) is 13.3. The second kappa shape index (κ2) is 6.70. The first-order valence-corrected chi connectivity index (χ1v) is 8.06. The highest BCUT2D eigenvalue weighted by atomic mass is 16.5. The molecular weight excluding hydrogens is 302 g/mol. The molecule has 6 nitrogen and oxygen atoms in total. The quantitative estimate of drug-likeness (QED) is 0.736. The zero-order valence-electron chi connectivity index (χ0n) is 13.2. The zero-order valence-corrected chi connectivity index (χ0v) is 13.2. The Morgan fingerprint density at radius 3 is 2.67 bits per heavy atom. The van der Waals surface area contributed by atoms with E-state index in [2.05, 4.69) is 19.9 Å². The summed E-state index contributed by atoms with van der Waals surface area (Å²) in [6.45, 7) is 0.352. The van der Waals surface area contributed by atoms with E-state index in [0.29, 0.717) is 12.5 Å². The van der Waals surface area contributed by atoms with Crippen LogP contribution in [0.1, 0.15) is 29.8 Å². The Morgan fingerprint density at radius 1 is 0.958 bits per heavy atom. The van der Waals surface area contributed by atoms with Crippen molar-refractivity contribution in [2.45, 2.75) is 32.3 Å². The van der Waals surface area contributed by atoms with Crippen molar-refractivity contribution in [2.24, 2.45) is 0 Å². The molecule has 0 bridgehead atoms. The van der Waals surface area contributed by atoms with Gasteiger partial charge in [-0.1, -0.05) is 0 Å². The second-order valence-corrected chi connectivity index (χ2v) is 5.75. The molecule has 0 atom stereocenters. The minimum atomic E-state index is 0.352. The van der Waals surface area contributed by atoms with Crippen molar-refractivity contribution < 1.29 is 4.74 Å². The van der Waals surface area contributed by atoms with Crippen LogP contribution in [0.4, 0.5) is 0 Å². The molecule has 0 aromatic carbocycles. The molecule has 0 unspecified atom stereocenters. The van der Waals surface area contributed by atoms with E-state index in [-0.39, 0.29) is 0 Å². The lowest BCUT2D eigenvalue weighted by Crippen LogP contribution is -2.09. The highest BCUT2D eigenvalue weighted by Gasteiger charge is 2.18. The number of pyridine rings is 1. The third kappa shape index (κ3) is 3.08. The predicted molar refractivity (Wildman–Crippen MR) is 88.3 cm³/mol. The lowest BCUT2D eigenvalue weighted by Gasteiger charge is -2.20. The third-order valence-corrected chi connectivity index (χ3v) is 4.13. The number of rotatable bonds is 4. The van der Waals surface area contributed by atoms with Gasteiger partial charge in [-0.25, -0.2) is 15.0 Å². The molecule has 1 aliphatic rings. The van der Waals surface area contributed by atoms with Crippen LogP contribution in [0.5, 0.6) is 5.88 Å². The molecule has 3 aromatic heterocycles. The van der Waals surface area contributed by atoms with Gasteiger partial charge >= 0.3 is 0 Å². The molecule has 0 saturated heterocycles. The summed E-state index contributed by atoms with van der Waals surface area (Å²) < 4.78 is 5.87. The predicted octanol–water partition coefficient (Wildman–Crippen LogP) is 2.79. The lowest BCUT2D eigenvalue weighted by molar-refractivity contribution is 0.287. The molecule has 3 heterocycles. The Balaban J connectivity index is 1.68. The SMILES string of the molecule is c1cnc(COc2cc(-c3cncnc3)c3c(n2)CCCC3)cn1. The molecular formula is C18H17N5O. The number of hydrogen-bond donors (Lipinski definition) is 0. The van der Waals surface area contributed by atoms with Crippen LogP contribution in [0.2, 0.25) is 0 Å². The van der Waals surface area contributed by atoms with Crippen LogP contribution in [-0.4, -0.2) is 24.9 Å². The van der Waals surface area contributed by atoms with E-state index in [1.165, 1.54) is 18.4 Å². The van der Waals surface area contributed by atoms with E-state index in [4.69, 9.17) is 9.72 Å². The fourth-order valence-electron chi connectivity index (χ4n) is 3.00. The molecule has 0 saturated carbocycles. The van der Waals surface area contributed by atoms with Crippen molar-refractivity contribution in [1.82, 2.24) is 24.9 Å². The average Bonchev–Trinajstić information content (AvgIpc) is 2.67. The summed E-state index contributed by atoms with van der Waals surface area (Å²) >= 11 is 0. The largest absolute Gasteiger partial charge is 0.471 e. The second-order valence-electron chi connectivity index (χ2n) is 5.75. The first-order valence-electron chi connectivity index (χ1n) is 8.06. The van der Waals surface area contributed by atoms with Gasteiger partial charge in [-0.3, -0.25) is 9.97 Å². The fourth-order valence-corrected chi connectivity index (χ4v) is 3.00. The van der Waals surface area contributed by atoms with Gasteiger partial charge in [0.1, 0.15) is 12.9 Å². The lowest BCUT2D eigenvalue weighted by atomic mass is 9.90. The van der Waals surface area contributed by atoms with Gasteiger partial charge in [-0.2, -0.15) is 0 Å². The molecule has 4 rings (SSSR count). The zero-order chi connectivity index (χ0) is 16.2. The van der Waals surface area contributed by atoms with Gasteiger partial charge in [0.2, 0.25) is 5.88 Å². The summed E-state index contributed by atoms with van der Waals surface area (Å²) in [6, 6.07) is 1.99. The summed E-state index contributed by atoms with van der Waals surface area (Å²) in [7, 11) is 0. The van der Waals surface area contributed by atoms with E-state index in [9.17, 15) is 0 Å². The Kier molecular flexibility index (Phi) is 4.10. The molecule has 1 aliphatic carbocycles. The molecule has 3 aromatic rings. The fraction of sp³-hybridized carbons (Fsp3) is 0.278. The van der Waals surface area contributed by atoms with Crippen LogP contribution < -0.4 is 4.74 Å². The third-order valence-electron chi connectivity index (χ3n) is 4.13.